The molecule has 1 aliphatic rings. The van der Waals surface area contributed by atoms with Crippen LogP contribution in [0.3, 0.4) is 0 Å². The molecular weight excluding hydrogens is 442 g/mol. The molecule has 0 bridgehead atoms. The van der Waals surface area contributed by atoms with E-state index in [0.717, 1.165) is 41.0 Å². The van der Waals surface area contributed by atoms with Gasteiger partial charge in [-0.25, -0.2) is 4.21 Å². The topological polar surface area (TPSA) is 93.9 Å². The second-order valence-corrected chi connectivity index (χ2v) is 8.60. The summed E-state index contributed by atoms with van der Waals surface area (Å²) in [6, 6.07) is 15.0. The van der Waals surface area contributed by atoms with E-state index in [1.807, 2.05) is 48.5 Å². The van der Waals surface area contributed by atoms with E-state index in [2.05, 4.69) is 5.10 Å². The Hall–Kier alpha value is -3.17. The van der Waals surface area contributed by atoms with Crippen LogP contribution < -0.4 is 9.04 Å². The first-order valence-electron chi connectivity index (χ1n) is 10.9. The molecule has 2 atom stereocenters. The molecule has 1 aliphatic carbocycles. The third kappa shape index (κ3) is 4.94. The standard InChI is InChI=1S/C24H27N3O5S/c1-3-32-24(28)16-26-22-5-4-6-23(21(22)15-25-26)27(33(29)30)19-11-7-17(8-12-19)18-9-13-20(31-2)14-10-18/h7-15,23H,3-6,16H2,1-2H3,(H,29,30). The van der Waals surface area contributed by atoms with E-state index >= 15 is 0 Å². The van der Waals surface area contributed by atoms with Crippen LogP contribution in [0.2, 0.25) is 0 Å². The number of benzene rings is 2. The van der Waals surface area contributed by atoms with Crippen LogP contribution in [0.25, 0.3) is 11.1 Å². The predicted octanol–water partition coefficient (Wildman–Crippen LogP) is 4.14. The molecule has 2 unspecified atom stereocenters. The van der Waals surface area contributed by atoms with E-state index in [1.54, 1.807) is 24.9 Å². The van der Waals surface area contributed by atoms with Crippen molar-refractivity contribution >= 4 is 22.9 Å². The molecule has 33 heavy (non-hydrogen) atoms. The van der Waals surface area contributed by atoms with Crippen LogP contribution in [0, 0.1) is 0 Å². The first kappa shape index (κ1) is 23.0. The lowest BCUT2D eigenvalue weighted by Gasteiger charge is -2.33. The van der Waals surface area contributed by atoms with Gasteiger partial charge in [-0.05, 0) is 61.6 Å². The van der Waals surface area contributed by atoms with Crippen LogP contribution in [0.15, 0.2) is 54.7 Å². The smallest absolute Gasteiger partial charge is 0.327 e. The van der Waals surface area contributed by atoms with Gasteiger partial charge in [0.05, 0.1) is 31.6 Å². The molecule has 0 saturated heterocycles. The number of methoxy groups -OCH3 is 1. The first-order chi connectivity index (χ1) is 16.0. The number of fused-ring (bicyclic) bond motifs is 1. The summed E-state index contributed by atoms with van der Waals surface area (Å²) in [4.78, 5) is 11.9. The molecule has 0 fully saturated rings. The zero-order valence-corrected chi connectivity index (χ0v) is 19.5. The van der Waals surface area contributed by atoms with Crippen LogP contribution in [0.4, 0.5) is 5.69 Å². The van der Waals surface area contributed by atoms with Gasteiger partial charge in [0.1, 0.15) is 12.3 Å². The number of ether oxygens (including phenoxy) is 2. The molecule has 8 nitrogen and oxygen atoms in total. The normalized spacial score (nSPS) is 16.0. The zero-order valence-electron chi connectivity index (χ0n) is 18.6. The maximum atomic E-state index is 12.4. The van der Waals surface area contributed by atoms with Gasteiger partial charge in [0.15, 0.2) is 0 Å². The number of aromatic nitrogens is 2. The first-order valence-corrected chi connectivity index (χ1v) is 11.9. The third-order valence-electron chi connectivity index (χ3n) is 5.81. The van der Waals surface area contributed by atoms with Crippen molar-refractivity contribution in [3.8, 4) is 16.9 Å². The lowest BCUT2D eigenvalue weighted by Crippen LogP contribution is -2.33. The minimum Gasteiger partial charge on any atom is -0.497 e. The van der Waals surface area contributed by atoms with E-state index in [-0.39, 0.29) is 18.6 Å². The van der Waals surface area contributed by atoms with E-state index in [0.29, 0.717) is 18.7 Å². The number of esters is 1. The Morgan fingerprint density at radius 2 is 1.85 bits per heavy atom. The number of carbonyl (C=O) groups is 1. The molecule has 0 saturated carbocycles. The van der Waals surface area contributed by atoms with Gasteiger partial charge in [-0.1, -0.05) is 24.3 Å². The quantitative estimate of drug-likeness (QED) is 0.394. The monoisotopic (exact) mass is 469 g/mol. The largest absolute Gasteiger partial charge is 0.497 e. The van der Waals surface area contributed by atoms with E-state index in [1.165, 1.54) is 4.31 Å². The van der Waals surface area contributed by atoms with Crippen molar-refractivity contribution in [2.75, 3.05) is 18.0 Å². The van der Waals surface area contributed by atoms with Crippen LogP contribution in [-0.4, -0.2) is 38.2 Å². The van der Waals surface area contributed by atoms with Gasteiger partial charge >= 0.3 is 5.97 Å². The van der Waals surface area contributed by atoms with Crippen LogP contribution >= 0.6 is 0 Å². The Labute approximate surface area is 195 Å². The zero-order chi connectivity index (χ0) is 23.4. The molecule has 0 spiro atoms. The number of hydrogen-bond acceptors (Lipinski definition) is 5. The van der Waals surface area contributed by atoms with Crippen molar-refractivity contribution in [3.05, 3.63) is 66.0 Å². The van der Waals surface area contributed by atoms with E-state index in [9.17, 15) is 13.6 Å². The SMILES string of the molecule is CCOC(=O)Cn1ncc2c1CCCC2N(c1ccc(-c2ccc(OC)cc2)cc1)S(=O)O. The summed E-state index contributed by atoms with van der Waals surface area (Å²) >= 11 is -2.23. The van der Waals surface area contributed by atoms with Crippen LogP contribution in [-0.2, 0) is 33.8 Å². The molecular formula is C24H27N3O5S. The number of hydrogen-bond donors (Lipinski definition) is 1. The van der Waals surface area contributed by atoms with Crippen molar-refractivity contribution in [2.24, 2.45) is 0 Å². The Morgan fingerprint density at radius 1 is 1.18 bits per heavy atom. The summed E-state index contributed by atoms with van der Waals surface area (Å²) in [6.45, 7) is 2.12. The summed E-state index contributed by atoms with van der Waals surface area (Å²) in [5.74, 6) is 0.441. The fourth-order valence-corrected chi connectivity index (χ4v) is 5.01. The van der Waals surface area contributed by atoms with Gasteiger partial charge in [0.2, 0.25) is 0 Å². The molecule has 2 aromatic carbocycles. The lowest BCUT2D eigenvalue weighted by atomic mass is 9.92. The van der Waals surface area contributed by atoms with Gasteiger partial charge in [-0.3, -0.25) is 18.3 Å². The molecule has 3 aromatic rings. The molecule has 1 heterocycles. The van der Waals surface area contributed by atoms with Crippen molar-refractivity contribution in [2.45, 2.75) is 38.8 Å². The van der Waals surface area contributed by atoms with Crippen LogP contribution in [0.5, 0.6) is 5.75 Å². The minimum absolute atomic E-state index is 0.0364. The lowest BCUT2D eigenvalue weighted by molar-refractivity contribution is -0.144. The molecule has 1 aromatic heterocycles. The fraction of sp³-hybridized carbons (Fsp3) is 0.333. The molecule has 0 aliphatic heterocycles. The Bertz CT molecular complexity index is 1130. The highest BCUT2D eigenvalue weighted by Crippen LogP contribution is 2.38. The summed E-state index contributed by atoms with van der Waals surface area (Å²) in [5, 5.41) is 4.37. The number of rotatable bonds is 8. The van der Waals surface area contributed by atoms with Gasteiger partial charge in [-0.15, -0.1) is 0 Å². The molecule has 4 rings (SSSR count). The highest BCUT2D eigenvalue weighted by Gasteiger charge is 2.32. The number of nitrogens with zero attached hydrogens (tertiary/aromatic N) is 3. The second-order valence-electron chi connectivity index (χ2n) is 7.75. The fourth-order valence-electron chi connectivity index (χ4n) is 4.27. The Kier molecular flexibility index (Phi) is 7.10. The van der Waals surface area contributed by atoms with Gasteiger partial charge < -0.3 is 9.47 Å². The average Bonchev–Trinajstić information content (AvgIpc) is 3.23. The van der Waals surface area contributed by atoms with Crippen molar-refractivity contribution in [1.29, 1.82) is 0 Å². The minimum atomic E-state index is -2.23. The third-order valence-corrected chi connectivity index (χ3v) is 6.61. The predicted molar refractivity (Wildman–Crippen MR) is 126 cm³/mol. The van der Waals surface area contributed by atoms with Crippen molar-refractivity contribution < 1.29 is 23.0 Å². The number of anilines is 1. The molecule has 0 amide bonds. The molecule has 0 radical (unpaired) electrons. The Balaban J connectivity index is 1.60. The van der Waals surface area contributed by atoms with E-state index < -0.39 is 11.3 Å². The number of carbonyl (C=O) groups excluding carboxylic acids is 1. The second kappa shape index (κ2) is 10.2. The average molecular weight is 470 g/mol. The molecule has 174 valence electrons. The van der Waals surface area contributed by atoms with Crippen molar-refractivity contribution in [1.82, 2.24) is 9.78 Å². The summed E-state index contributed by atoms with van der Waals surface area (Å²) in [7, 11) is 1.63. The maximum absolute atomic E-state index is 12.4. The van der Waals surface area contributed by atoms with Gasteiger partial charge in [0, 0.05) is 11.3 Å². The molecule has 9 heteroatoms. The van der Waals surface area contributed by atoms with Gasteiger partial charge in [0.25, 0.3) is 11.3 Å². The summed E-state index contributed by atoms with van der Waals surface area (Å²) in [5.41, 5.74) is 4.44. The summed E-state index contributed by atoms with van der Waals surface area (Å²) in [6.07, 6.45) is 3.99. The highest BCUT2D eigenvalue weighted by molar-refractivity contribution is 7.80. The Morgan fingerprint density at radius 3 is 2.45 bits per heavy atom. The highest BCUT2D eigenvalue weighted by atomic mass is 32.2. The summed E-state index contributed by atoms with van der Waals surface area (Å²) < 4.78 is 36.0. The van der Waals surface area contributed by atoms with Crippen molar-refractivity contribution in [3.63, 3.8) is 0 Å². The van der Waals surface area contributed by atoms with Crippen LogP contribution in [0.1, 0.15) is 37.1 Å². The molecule has 1 N–H and O–H groups in total. The maximum Gasteiger partial charge on any atom is 0.327 e. The van der Waals surface area contributed by atoms with Gasteiger partial charge in [-0.2, -0.15) is 5.10 Å². The van der Waals surface area contributed by atoms with E-state index in [4.69, 9.17) is 9.47 Å².